The van der Waals surface area contributed by atoms with Crippen LogP contribution in [0.3, 0.4) is 0 Å². The van der Waals surface area contributed by atoms with Crippen molar-refractivity contribution in [3.63, 3.8) is 0 Å². The van der Waals surface area contributed by atoms with Crippen molar-refractivity contribution in [2.24, 2.45) is 0 Å². The molecule has 25 heavy (non-hydrogen) atoms. The van der Waals surface area contributed by atoms with Crippen LogP contribution in [0.1, 0.15) is 12.0 Å². The molecule has 1 saturated heterocycles. The highest BCUT2D eigenvalue weighted by Gasteiger charge is 2.32. The Morgan fingerprint density at radius 3 is 2.72 bits per heavy atom. The fourth-order valence-electron chi connectivity index (χ4n) is 2.66. The second kappa shape index (κ2) is 7.17. The standard InChI is InChI=1S/C16H20N4O3S2/c1-11-3-5-12(6-4-11)15-17-16(19-18-15)24-9-14(21)20(2)13-7-8-25(22,23)10-13/h3-6,13H,7-10H2,1-2H3,(H,17,18,19)/t13-/m1/s1. The van der Waals surface area contributed by atoms with Crippen molar-refractivity contribution in [3.8, 4) is 11.4 Å². The Bertz CT molecular complexity index is 862. The molecule has 7 nitrogen and oxygen atoms in total. The third kappa shape index (κ3) is 4.40. The number of H-pyrrole nitrogens is 1. The summed E-state index contributed by atoms with van der Waals surface area (Å²) in [6, 6.07) is 7.69. The molecule has 1 amide bonds. The van der Waals surface area contributed by atoms with Crippen LogP contribution in [-0.4, -0.2) is 64.8 Å². The minimum atomic E-state index is -3.00. The lowest BCUT2D eigenvalue weighted by Crippen LogP contribution is -2.38. The smallest absolute Gasteiger partial charge is 0.233 e. The lowest BCUT2D eigenvalue weighted by Gasteiger charge is -2.22. The number of hydrogen-bond acceptors (Lipinski definition) is 6. The number of benzene rings is 1. The molecule has 1 aliphatic rings. The van der Waals surface area contributed by atoms with Crippen LogP contribution < -0.4 is 0 Å². The van der Waals surface area contributed by atoms with Crippen molar-refractivity contribution in [3.05, 3.63) is 29.8 Å². The van der Waals surface area contributed by atoms with E-state index in [1.807, 2.05) is 31.2 Å². The number of nitrogens with zero attached hydrogens (tertiary/aromatic N) is 3. The van der Waals surface area contributed by atoms with Gasteiger partial charge < -0.3 is 4.90 Å². The predicted molar refractivity (Wildman–Crippen MR) is 97.1 cm³/mol. The molecule has 0 aliphatic carbocycles. The number of carbonyl (C=O) groups is 1. The number of hydrogen-bond donors (Lipinski definition) is 1. The second-order valence-electron chi connectivity index (χ2n) is 6.18. The second-order valence-corrected chi connectivity index (χ2v) is 9.35. The first-order valence-electron chi connectivity index (χ1n) is 7.92. The molecule has 1 aromatic heterocycles. The molecule has 1 aliphatic heterocycles. The summed E-state index contributed by atoms with van der Waals surface area (Å²) in [6.45, 7) is 2.02. The van der Waals surface area contributed by atoms with Gasteiger partial charge >= 0.3 is 0 Å². The van der Waals surface area contributed by atoms with Gasteiger partial charge in [0.15, 0.2) is 15.7 Å². The number of aromatic amines is 1. The lowest BCUT2D eigenvalue weighted by atomic mass is 10.1. The van der Waals surface area contributed by atoms with E-state index in [0.29, 0.717) is 17.4 Å². The molecular formula is C16H20N4O3S2. The van der Waals surface area contributed by atoms with Gasteiger partial charge in [-0.05, 0) is 13.3 Å². The molecule has 0 radical (unpaired) electrons. The number of sulfone groups is 1. The Labute approximate surface area is 151 Å². The van der Waals surface area contributed by atoms with Crippen LogP contribution in [0, 0.1) is 6.92 Å². The van der Waals surface area contributed by atoms with Gasteiger partial charge in [0.25, 0.3) is 0 Å². The first-order chi connectivity index (χ1) is 11.8. The maximum Gasteiger partial charge on any atom is 0.233 e. The number of amides is 1. The van der Waals surface area contributed by atoms with Crippen molar-refractivity contribution in [1.29, 1.82) is 0 Å². The fourth-order valence-corrected chi connectivity index (χ4v) is 5.16. The van der Waals surface area contributed by atoms with Gasteiger partial charge in [0.1, 0.15) is 0 Å². The van der Waals surface area contributed by atoms with Gasteiger partial charge in [0, 0.05) is 18.7 Å². The number of rotatable bonds is 5. The average molecular weight is 380 g/mol. The number of carbonyl (C=O) groups excluding carboxylic acids is 1. The highest BCUT2D eigenvalue weighted by Crippen LogP contribution is 2.21. The Morgan fingerprint density at radius 2 is 2.08 bits per heavy atom. The zero-order chi connectivity index (χ0) is 18.0. The van der Waals surface area contributed by atoms with E-state index in [4.69, 9.17) is 0 Å². The Balaban J connectivity index is 1.57. The summed E-state index contributed by atoms with van der Waals surface area (Å²) in [4.78, 5) is 18.2. The third-order valence-electron chi connectivity index (χ3n) is 4.26. The monoisotopic (exact) mass is 380 g/mol. The Morgan fingerprint density at radius 1 is 1.36 bits per heavy atom. The molecular weight excluding hydrogens is 360 g/mol. The van der Waals surface area contributed by atoms with Crippen LogP contribution in [0.5, 0.6) is 0 Å². The van der Waals surface area contributed by atoms with Gasteiger partial charge in [0.05, 0.1) is 17.3 Å². The largest absolute Gasteiger partial charge is 0.341 e. The van der Waals surface area contributed by atoms with E-state index in [-0.39, 0.29) is 29.2 Å². The summed E-state index contributed by atoms with van der Waals surface area (Å²) in [6.07, 6.45) is 0.507. The van der Waals surface area contributed by atoms with E-state index < -0.39 is 9.84 Å². The van der Waals surface area contributed by atoms with Crippen molar-refractivity contribution in [2.45, 2.75) is 24.5 Å². The van der Waals surface area contributed by atoms with E-state index in [1.165, 1.54) is 22.2 Å². The average Bonchev–Trinajstić information content (AvgIpc) is 3.19. The lowest BCUT2D eigenvalue weighted by molar-refractivity contribution is -0.128. The molecule has 1 fully saturated rings. The quantitative estimate of drug-likeness (QED) is 0.790. The number of aromatic nitrogens is 3. The summed E-state index contributed by atoms with van der Waals surface area (Å²) >= 11 is 1.24. The first-order valence-corrected chi connectivity index (χ1v) is 10.7. The predicted octanol–water partition coefficient (Wildman–Crippen LogP) is 1.52. The molecule has 9 heteroatoms. The van der Waals surface area contributed by atoms with Crippen LogP contribution in [0.25, 0.3) is 11.4 Å². The van der Waals surface area contributed by atoms with Gasteiger partial charge in [-0.25, -0.2) is 13.4 Å². The number of aryl methyl sites for hydroxylation is 1. The van der Waals surface area contributed by atoms with Gasteiger partial charge in [-0.3, -0.25) is 9.89 Å². The molecule has 3 rings (SSSR count). The molecule has 1 N–H and O–H groups in total. The van der Waals surface area contributed by atoms with Gasteiger partial charge in [-0.2, -0.15) is 0 Å². The van der Waals surface area contributed by atoms with E-state index in [1.54, 1.807) is 7.05 Å². The summed E-state index contributed by atoms with van der Waals surface area (Å²) in [5.41, 5.74) is 2.10. The van der Waals surface area contributed by atoms with E-state index in [2.05, 4.69) is 15.2 Å². The van der Waals surface area contributed by atoms with Crippen LogP contribution in [-0.2, 0) is 14.6 Å². The van der Waals surface area contributed by atoms with E-state index in [0.717, 1.165) is 5.56 Å². The zero-order valence-corrected chi connectivity index (χ0v) is 15.7. The zero-order valence-electron chi connectivity index (χ0n) is 14.1. The van der Waals surface area contributed by atoms with E-state index >= 15 is 0 Å². The molecule has 134 valence electrons. The minimum absolute atomic E-state index is 0.0537. The van der Waals surface area contributed by atoms with Crippen LogP contribution >= 0.6 is 11.8 Å². The maximum absolute atomic E-state index is 12.3. The molecule has 0 saturated carbocycles. The Hall–Kier alpha value is -1.87. The summed E-state index contributed by atoms with van der Waals surface area (Å²) in [5.74, 6) is 0.929. The molecule has 1 aromatic carbocycles. The normalized spacial score (nSPS) is 19.0. The number of nitrogens with one attached hydrogen (secondary N) is 1. The topological polar surface area (TPSA) is 96.0 Å². The fraction of sp³-hybridized carbons (Fsp3) is 0.438. The van der Waals surface area contributed by atoms with Gasteiger partial charge in [-0.1, -0.05) is 41.6 Å². The molecule has 0 unspecified atom stereocenters. The summed E-state index contributed by atoms with van der Waals surface area (Å²) < 4.78 is 23.1. The van der Waals surface area contributed by atoms with Crippen molar-refractivity contribution in [2.75, 3.05) is 24.3 Å². The van der Waals surface area contributed by atoms with Crippen LogP contribution in [0.15, 0.2) is 29.4 Å². The maximum atomic E-state index is 12.3. The number of thioether (sulfide) groups is 1. The molecule has 2 aromatic rings. The van der Waals surface area contributed by atoms with Crippen molar-refractivity contribution < 1.29 is 13.2 Å². The summed E-state index contributed by atoms with van der Waals surface area (Å²) in [7, 11) is -1.35. The summed E-state index contributed by atoms with van der Waals surface area (Å²) in [5, 5.41) is 7.50. The highest BCUT2D eigenvalue weighted by molar-refractivity contribution is 7.99. The molecule has 1 atom stereocenters. The van der Waals surface area contributed by atoms with Crippen molar-refractivity contribution in [1.82, 2.24) is 20.1 Å². The molecule has 0 bridgehead atoms. The SMILES string of the molecule is Cc1ccc(-c2nc(SCC(=O)N(C)[C@@H]3CCS(=O)(=O)C3)n[nH]2)cc1. The Kier molecular flexibility index (Phi) is 5.14. The van der Waals surface area contributed by atoms with E-state index in [9.17, 15) is 13.2 Å². The van der Waals surface area contributed by atoms with Crippen molar-refractivity contribution >= 4 is 27.5 Å². The van der Waals surface area contributed by atoms with Crippen LogP contribution in [0.2, 0.25) is 0 Å². The molecule has 0 spiro atoms. The highest BCUT2D eigenvalue weighted by atomic mass is 32.2. The molecule has 2 heterocycles. The minimum Gasteiger partial charge on any atom is -0.341 e. The first kappa shape index (κ1) is 17.9. The third-order valence-corrected chi connectivity index (χ3v) is 6.85. The van der Waals surface area contributed by atoms with Crippen LogP contribution in [0.4, 0.5) is 0 Å². The van der Waals surface area contributed by atoms with Gasteiger partial charge in [-0.15, -0.1) is 5.10 Å². The van der Waals surface area contributed by atoms with Gasteiger partial charge in [0.2, 0.25) is 11.1 Å².